The zero-order chi connectivity index (χ0) is 12.2. The highest BCUT2D eigenvalue weighted by Gasteiger charge is 2.16. The molecule has 16 heavy (non-hydrogen) atoms. The minimum Gasteiger partial charge on any atom is -0.346 e. The molecule has 7 nitrogen and oxygen atoms in total. The van der Waals surface area contributed by atoms with Gasteiger partial charge in [0.25, 0.3) is 0 Å². The van der Waals surface area contributed by atoms with Crippen LogP contribution in [0.1, 0.15) is 45.5 Å². The molecule has 0 bridgehead atoms. The minimum atomic E-state index is -0.327. The standard InChI is InChI=1S/C9H18N6O/c1-6(8-12-14-15-13-8)11-7(16)4-5-9(2,3)10/h6H,4-5,10H2,1-3H3,(H,11,16)(H,12,13,14,15). The Hall–Kier alpha value is -1.50. The highest BCUT2D eigenvalue weighted by Crippen LogP contribution is 2.09. The van der Waals surface area contributed by atoms with E-state index in [0.29, 0.717) is 18.7 Å². The number of nitrogens with zero attached hydrogens (tertiary/aromatic N) is 3. The van der Waals surface area contributed by atoms with E-state index in [9.17, 15) is 4.79 Å². The van der Waals surface area contributed by atoms with Gasteiger partial charge in [-0.05, 0) is 27.2 Å². The molecule has 0 saturated carbocycles. The fourth-order valence-corrected chi connectivity index (χ4v) is 1.17. The fraction of sp³-hybridized carbons (Fsp3) is 0.778. The van der Waals surface area contributed by atoms with Gasteiger partial charge in [-0.25, -0.2) is 0 Å². The maximum Gasteiger partial charge on any atom is 0.220 e. The van der Waals surface area contributed by atoms with Gasteiger partial charge in [0.2, 0.25) is 5.91 Å². The molecule has 0 saturated heterocycles. The number of H-pyrrole nitrogens is 1. The average Bonchev–Trinajstić information content (AvgIpc) is 2.66. The smallest absolute Gasteiger partial charge is 0.220 e. The SMILES string of the molecule is CC(NC(=O)CCC(C)(C)N)c1nn[nH]n1. The summed E-state index contributed by atoms with van der Waals surface area (Å²) in [5.74, 6) is 0.413. The zero-order valence-corrected chi connectivity index (χ0v) is 9.82. The van der Waals surface area contributed by atoms with Crippen LogP contribution in [0.15, 0.2) is 0 Å². The van der Waals surface area contributed by atoms with E-state index in [0.717, 1.165) is 0 Å². The van der Waals surface area contributed by atoms with E-state index in [4.69, 9.17) is 5.73 Å². The van der Waals surface area contributed by atoms with Crippen molar-refractivity contribution < 1.29 is 4.79 Å². The molecule has 1 heterocycles. The van der Waals surface area contributed by atoms with Gasteiger partial charge in [-0.3, -0.25) is 4.79 Å². The number of hydrogen-bond acceptors (Lipinski definition) is 5. The molecular weight excluding hydrogens is 208 g/mol. The third-order valence-corrected chi connectivity index (χ3v) is 2.12. The maximum atomic E-state index is 11.5. The summed E-state index contributed by atoms with van der Waals surface area (Å²) in [5.41, 5.74) is 5.46. The number of aromatic amines is 1. The minimum absolute atomic E-state index is 0.0594. The second-order valence-electron chi connectivity index (χ2n) is 4.55. The molecule has 0 radical (unpaired) electrons. The summed E-state index contributed by atoms with van der Waals surface area (Å²) in [5, 5.41) is 16.1. The van der Waals surface area contributed by atoms with Gasteiger partial charge in [-0.15, -0.1) is 10.2 Å². The van der Waals surface area contributed by atoms with Crippen molar-refractivity contribution in [1.29, 1.82) is 0 Å². The third-order valence-electron chi connectivity index (χ3n) is 2.12. The van der Waals surface area contributed by atoms with E-state index >= 15 is 0 Å². The van der Waals surface area contributed by atoms with Crippen molar-refractivity contribution in [3.05, 3.63) is 5.82 Å². The lowest BCUT2D eigenvalue weighted by molar-refractivity contribution is -0.122. The molecule has 1 unspecified atom stereocenters. The van der Waals surface area contributed by atoms with Crippen LogP contribution in [0.2, 0.25) is 0 Å². The molecule has 0 aliphatic heterocycles. The number of hydrogen-bond donors (Lipinski definition) is 3. The molecule has 90 valence electrons. The Kier molecular flexibility index (Phi) is 3.94. The number of rotatable bonds is 5. The Morgan fingerprint density at radius 2 is 2.31 bits per heavy atom. The molecule has 1 amide bonds. The molecule has 4 N–H and O–H groups in total. The predicted octanol–water partition coefficient (Wildman–Crippen LogP) is -0.106. The van der Waals surface area contributed by atoms with Gasteiger partial charge in [0.15, 0.2) is 5.82 Å². The molecule has 1 aromatic rings. The van der Waals surface area contributed by atoms with Crippen LogP contribution in [0.25, 0.3) is 0 Å². The van der Waals surface area contributed by atoms with Crippen LogP contribution in [-0.4, -0.2) is 32.1 Å². The summed E-state index contributed by atoms with van der Waals surface area (Å²) >= 11 is 0. The number of tetrazole rings is 1. The Labute approximate surface area is 94.2 Å². The highest BCUT2D eigenvalue weighted by molar-refractivity contribution is 5.76. The van der Waals surface area contributed by atoms with Crippen LogP contribution >= 0.6 is 0 Å². The summed E-state index contributed by atoms with van der Waals surface area (Å²) in [6.45, 7) is 5.59. The predicted molar refractivity (Wildman–Crippen MR) is 58.2 cm³/mol. The molecular formula is C9H18N6O. The van der Waals surface area contributed by atoms with Crippen LogP contribution < -0.4 is 11.1 Å². The summed E-state index contributed by atoms with van der Waals surface area (Å²) in [6, 6.07) is -0.243. The van der Waals surface area contributed by atoms with Crippen LogP contribution in [-0.2, 0) is 4.79 Å². The lowest BCUT2D eigenvalue weighted by atomic mass is 10.00. The lowest BCUT2D eigenvalue weighted by Gasteiger charge is -2.18. The van der Waals surface area contributed by atoms with E-state index < -0.39 is 0 Å². The van der Waals surface area contributed by atoms with Crippen LogP contribution in [0.3, 0.4) is 0 Å². The first kappa shape index (κ1) is 12.6. The third kappa shape index (κ3) is 4.35. The molecule has 0 fully saturated rings. The van der Waals surface area contributed by atoms with Crippen molar-refractivity contribution in [1.82, 2.24) is 25.9 Å². The van der Waals surface area contributed by atoms with Crippen molar-refractivity contribution in [3.63, 3.8) is 0 Å². The van der Waals surface area contributed by atoms with Crippen molar-refractivity contribution in [2.45, 2.75) is 45.2 Å². The Bertz CT molecular complexity index is 328. The summed E-state index contributed by atoms with van der Waals surface area (Å²) < 4.78 is 0. The van der Waals surface area contributed by atoms with E-state index in [1.54, 1.807) is 6.92 Å². The topological polar surface area (TPSA) is 110 Å². The number of nitrogens with one attached hydrogen (secondary N) is 2. The second kappa shape index (κ2) is 5.02. The fourth-order valence-electron chi connectivity index (χ4n) is 1.17. The van der Waals surface area contributed by atoms with Crippen molar-refractivity contribution in [2.24, 2.45) is 5.73 Å². The van der Waals surface area contributed by atoms with Crippen LogP contribution in [0.4, 0.5) is 0 Å². The van der Waals surface area contributed by atoms with Crippen LogP contribution in [0, 0.1) is 0 Å². The molecule has 0 aliphatic carbocycles. The number of nitrogens with two attached hydrogens (primary N) is 1. The van der Waals surface area contributed by atoms with Crippen molar-refractivity contribution >= 4 is 5.91 Å². The number of carbonyl (C=O) groups is 1. The van der Waals surface area contributed by atoms with Crippen molar-refractivity contribution in [3.8, 4) is 0 Å². The Morgan fingerprint density at radius 3 is 2.81 bits per heavy atom. The molecule has 1 aromatic heterocycles. The number of aromatic nitrogens is 4. The molecule has 0 spiro atoms. The Balaban J connectivity index is 2.35. The molecule has 0 aromatic carbocycles. The zero-order valence-electron chi connectivity index (χ0n) is 9.82. The van der Waals surface area contributed by atoms with Crippen molar-refractivity contribution in [2.75, 3.05) is 0 Å². The summed E-state index contributed by atoms with van der Waals surface area (Å²) in [6.07, 6.45) is 1.03. The first-order valence-electron chi connectivity index (χ1n) is 5.20. The lowest BCUT2D eigenvalue weighted by Crippen LogP contribution is -2.35. The maximum absolute atomic E-state index is 11.5. The number of amides is 1. The monoisotopic (exact) mass is 226 g/mol. The molecule has 1 rings (SSSR count). The van der Waals surface area contributed by atoms with E-state index in [-0.39, 0.29) is 17.5 Å². The normalized spacial score (nSPS) is 13.5. The quantitative estimate of drug-likeness (QED) is 0.649. The second-order valence-corrected chi connectivity index (χ2v) is 4.55. The molecule has 7 heteroatoms. The first-order valence-corrected chi connectivity index (χ1v) is 5.20. The summed E-state index contributed by atoms with van der Waals surface area (Å²) in [4.78, 5) is 11.5. The first-order chi connectivity index (χ1) is 7.38. The van der Waals surface area contributed by atoms with Gasteiger partial charge in [-0.1, -0.05) is 5.21 Å². The summed E-state index contributed by atoms with van der Waals surface area (Å²) in [7, 11) is 0. The van der Waals surface area contributed by atoms with Gasteiger partial charge in [-0.2, -0.15) is 5.21 Å². The highest BCUT2D eigenvalue weighted by atomic mass is 16.1. The largest absolute Gasteiger partial charge is 0.346 e. The van der Waals surface area contributed by atoms with Gasteiger partial charge >= 0.3 is 0 Å². The molecule has 0 aliphatic rings. The van der Waals surface area contributed by atoms with E-state index in [2.05, 4.69) is 25.9 Å². The van der Waals surface area contributed by atoms with Gasteiger partial charge in [0.1, 0.15) is 0 Å². The number of carbonyl (C=O) groups excluding carboxylic acids is 1. The molecule has 1 atom stereocenters. The average molecular weight is 226 g/mol. The van der Waals surface area contributed by atoms with E-state index in [1.807, 2.05) is 13.8 Å². The van der Waals surface area contributed by atoms with Gasteiger partial charge < -0.3 is 11.1 Å². The van der Waals surface area contributed by atoms with Gasteiger partial charge in [0, 0.05) is 12.0 Å². The Morgan fingerprint density at radius 1 is 1.62 bits per heavy atom. The van der Waals surface area contributed by atoms with Crippen LogP contribution in [0.5, 0.6) is 0 Å². The van der Waals surface area contributed by atoms with Gasteiger partial charge in [0.05, 0.1) is 6.04 Å². The van der Waals surface area contributed by atoms with E-state index in [1.165, 1.54) is 0 Å².